The zero-order chi connectivity index (χ0) is 15.2. The standard InChI is InChI=1S/C16H18BrClN2O/c1-21-16-7-4-13(17)9-12(16)10-15(20-19)8-11-2-5-14(18)6-3-11/h2-7,9,15,20H,8,10,19H2,1H3. The number of rotatable bonds is 6. The van der Waals surface area contributed by atoms with E-state index in [1.807, 2.05) is 36.4 Å². The van der Waals surface area contributed by atoms with Gasteiger partial charge < -0.3 is 4.74 Å². The van der Waals surface area contributed by atoms with E-state index in [0.29, 0.717) is 0 Å². The summed E-state index contributed by atoms with van der Waals surface area (Å²) in [6, 6.07) is 13.9. The van der Waals surface area contributed by atoms with Crippen LogP contribution in [-0.4, -0.2) is 13.2 Å². The molecule has 0 aliphatic heterocycles. The smallest absolute Gasteiger partial charge is 0.122 e. The highest BCUT2D eigenvalue weighted by atomic mass is 79.9. The quantitative estimate of drug-likeness (QED) is 0.602. The fourth-order valence-corrected chi connectivity index (χ4v) is 2.80. The lowest BCUT2D eigenvalue weighted by Crippen LogP contribution is -2.38. The van der Waals surface area contributed by atoms with Gasteiger partial charge in [0.1, 0.15) is 5.75 Å². The van der Waals surface area contributed by atoms with Crippen LogP contribution in [0.1, 0.15) is 11.1 Å². The Labute approximate surface area is 138 Å². The molecule has 0 aliphatic rings. The third-order valence-corrected chi connectivity index (χ3v) is 4.09. The maximum Gasteiger partial charge on any atom is 0.122 e. The first-order valence-corrected chi connectivity index (χ1v) is 7.82. The minimum atomic E-state index is 0.120. The first-order valence-electron chi connectivity index (χ1n) is 6.65. The third kappa shape index (κ3) is 4.71. The van der Waals surface area contributed by atoms with E-state index in [4.69, 9.17) is 22.2 Å². The molecule has 0 spiro atoms. The van der Waals surface area contributed by atoms with E-state index in [2.05, 4.69) is 27.4 Å². The molecule has 21 heavy (non-hydrogen) atoms. The summed E-state index contributed by atoms with van der Waals surface area (Å²) in [5.74, 6) is 6.57. The van der Waals surface area contributed by atoms with Crippen molar-refractivity contribution in [2.75, 3.05) is 7.11 Å². The van der Waals surface area contributed by atoms with Gasteiger partial charge in [-0.25, -0.2) is 0 Å². The summed E-state index contributed by atoms with van der Waals surface area (Å²) < 4.78 is 6.43. The Morgan fingerprint density at radius 2 is 1.90 bits per heavy atom. The van der Waals surface area contributed by atoms with Crippen molar-refractivity contribution in [3.8, 4) is 5.75 Å². The van der Waals surface area contributed by atoms with E-state index in [1.165, 1.54) is 5.56 Å². The van der Waals surface area contributed by atoms with Crippen LogP contribution in [0.5, 0.6) is 5.75 Å². The summed E-state index contributed by atoms with van der Waals surface area (Å²) in [7, 11) is 1.68. The Hall–Kier alpha value is -1.07. The molecule has 0 amide bonds. The van der Waals surface area contributed by atoms with Crippen LogP contribution >= 0.6 is 27.5 Å². The first-order chi connectivity index (χ1) is 10.1. The molecule has 1 unspecified atom stereocenters. The zero-order valence-corrected chi connectivity index (χ0v) is 14.1. The SMILES string of the molecule is COc1ccc(Br)cc1CC(Cc1ccc(Cl)cc1)NN. The molecule has 0 bridgehead atoms. The van der Waals surface area contributed by atoms with Gasteiger partial charge in [-0.2, -0.15) is 0 Å². The van der Waals surface area contributed by atoms with Crippen LogP contribution in [0.15, 0.2) is 46.9 Å². The van der Waals surface area contributed by atoms with Gasteiger partial charge in [-0.15, -0.1) is 0 Å². The van der Waals surface area contributed by atoms with Crippen LogP contribution in [0.3, 0.4) is 0 Å². The number of ether oxygens (including phenoxy) is 1. The van der Waals surface area contributed by atoms with Crippen molar-refractivity contribution in [3.05, 3.63) is 63.1 Å². The molecule has 2 aromatic rings. The zero-order valence-electron chi connectivity index (χ0n) is 11.8. The van der Waals surface area contributed by atoms with Crippen LogP contribution in [0.25, 0.3) is 0 Å². The topological polar surface area (TPSA) is 47.3 Å². The number of nitrogens with one attached hydrogen (secondary N) is 1. The highest BCUT2D eigenvalue weighted by Gasteiger charge is 2.13. The molecule has 112 valence electrons. The van der Waals surface area contributed by atoms with Crippen molar-refractivity contribution in [1.82, 2.24) is 5.43 Å². The number of benzene rings is 2. The first kappa shape index (κ1) is 16.3. The Kier molecular flexibility index (Phi) is 6.06. The third-order valence-electron chi connectivity index (χ3n) is 3.34. The molecule has 3 nitrogen and oxygen atoms in total. The molecule has 1 atom stereocenters. The van der Waals surface area contributed by atoms with E-state index in [-0.39, 0.29) is 6.04 Å². The summed E-state index contributed by atoms with van der Waals surface area (Å²) in [6.07, 6.45) is 1.60. The summed E-state index contributed by atoms with van der Waals surface area (Å²) >= 11 is 9.40. The lowest BCUT2D eigenvalue weighted by atomic mass is 9.99. The largest absolute Gasteiger partial charge is 0.496 e. The summed E-state index contributed by atoms with van der Waals surface area (Å²) in [6.45, 7) is 0. The average molecular weight is 370 g/mol. The van der Waals surface area contributed by atoms with E-state index >= 15 is 0 Å². The molecule has 2 rings (SSSR count). The van der Waals surface area contributed by atoms with Gasteiger partial charge in [0.15, 0.2) is 0 Å². The Balaban J connectivity index is 2.11. The number of hydrogen-bond donors (Lipinski definition) is 2. The van der Waals surface area contributed by atoms with E-state index in [1.54, 1.807) is 7.11 Å². The minimum Gasteiger partial charge on any atom is -0.496 e. The fourth-order valence-electron chi connectivity index (χ4n) is 2.27. The van der Waals surface area contributed by atoms with Crippen molar-refractivity contribution in [2.24, 2.45) is 5.84 Å². The van der Waals surface area contributed by atoms with E-state index in [9.17, 15) is 0 Å². The second kappa shape index (κ2) is 7.80. The van der Waals surface area contributed by atoms with E-state index < -0.39 is 0 Å². The van der Waals surface area contributed by atoms with Crippen molar-refractivity contribution < 1.29 is 4.74 Å². The normalized spacial score (nSPS) is 12.2. The lowest BCUT2D eigenvalue weighted by molar-refractivity contribution is 0.404. The van der Waals surface area contributed by atoms with Crippen molar-refractivity contribution >= 4 is 27.5 Å². The van der Waals surface area contributed by atoms with Crippen molar-refractivity contribution in [2.45, 2.75) is 18.9 Å². The molecule has 0 fully saturated rings. The maximum absolute atomic E-state index is 5.91. The van der Waals surface area contributed by atoms with Crippen LogP contribution in [0.4, 0.5) is 0 Å². The molecule has 5 heteroatoms. The Morgan fingerprint density at radius 3 is 2.52 bits per heavy atom. The summed E-state index contributed by atoms with van der Waals surface area (Å²) in [4.78, 5) is 0. The van der Waals surface area contributed by atoms with E-state index in [0.717, 1.165) is 33.6 Å². The molecule has 0 heterocycles. The molecule has 0 aromatic heterocycles. The Morgan fingerprint density at radius 1 is 1.19 bits per heavy atom. The molecule has 0 aliphatic carbocycles. The minimum absolute atomic E-state index is 0.120. The fraction of sp³-hybridized carbons (Fsp3) is 0.250. The molecule has 3 N–H and O–H groups in total. The molecule has 0 saturated heterocycles. The van der Waals surface area contributed by atoms with Gasteiger partial charge in [0, 0.05) is 15.5 Å². The number of nitrogens with two attached hydrogens (primary N) is 1. The van der Waals surface area contributed by atoms with Crippen LogP contribution < -0.4 is 16.0 Å². The van der Waals surface area contributed by atoms with Gasteiger partial charge in [0.05, 0.1) is 7.11 Å². The molecular weight excluding hydrogens is 352 g/mol. The lowest BCUT2D eigenvalue weighted by Gasteiger charge is -2.18. The van der Waals surface area contributed by atoms with Gasteiger partial charge in [0.2, 0.25) is 0 Å². The van der Waals surface area contributed by atoms with Crippen LogP contribution in [0, 0.1) is 0 Å². The van der Waals surface area contributed by atoms with Crippen LogP contribution in [0.2, 0.25) is 5.02 Å². The monoisotopic (exact) mass is 368 g/mol. The maximum atomic E-state index is 5.91. The van der Waals surface area contributed by atoms with Gasteiger partial charge in [-0.05, 0) is 54.3 Å². The van der Waals surface area contributed by atoms with Gasteiger partial charge in [-0.3, -0.25) is 11.3 Å². The predicted molar refractivity (Wildman–Crippen MR) is 90.7 cm³/mol. The number of hydrogen-bond acceptors (Lipinski definition) is 3. The molecular formula is C16H18BrClN2O. The van der Waals surface area contributed by atoms with Crippen LogP contribution in [-0.2, 0) is 12.8 Å². The molecule has 0 radical (unpaired) electrons. The molecule has 2 aromatic carbocycles. The second-order valence-corrected chi connectivity index (χ2v) is 6.21. The Bertz CT molecular complexity index is 589. The number of hydrazine groups is 1. The highest BCUT2D eigenvalue weighted by molar-refractivity contribution is 9.10. The average Bonchev–Trinajstić information content (AvgIpc) is 2.49. The van der Waals surface area contributed by atoms with Crippen molar-refractivity contribution in [3.63, 3.8) is 0 Å². The van der Waals surface area contributed by atoms with Gasteiger partial charge in [-0.1, -0.05) is 39.7 Å². The van der Waals surface area contributed by atoms with Gasteiger partial charge >= 0.3 is 0 Å². The molecule has 0 saturated carbocycles. The number of halogens is 2. The van der Waals surface area contributed by atoms with Gasteiger partial charge in [0.25, 0.3) is 0 Å². The second-order valence-electron chi connectivity index (χ2n) is 4.85. The summed E-state index contributed by atoms with van der Waals surface area (Å²) in [5.41, 5.74) is 5.19. The number of methoxy groups -OCH3 is 1. The predicted octanol–water partition coefficient (Wildman–Crippen LogP) is 3.73. The van der Waals surface area contributed by atoms with Crippen molar-refractivity contribution in [1.29, 1.82) is 0 Å². The summed E-state index contributed by atoms with van der Waals surface area (Å²) in [5, 5.41) is 0.740. The highest BCUT2D eigenvalue weighted by Crippen LogP contribution is 2.25.